The molecule has 39 heavy (non-hydrogen) atoms. The summed E-state index contributed by atoms with van der Waals surface area (Å²) in [4.78, 5) is 24.3. The average molecular weight is 570 g/mol. The molecular formula is C27H26Cl2FN7O2. The molecule has 4 aromatic rings. The first-order chi connectivity index (χ1) is 18.7. The first-order valence-corrected chi connectivity index (χ1v) is 13.6. The maximum atomic E-state index is 16.7. The largest absolute Gasteiger partial charge is 0.470 e. The summed E-state index contributed by atoms with van der Waals surface area (Å²) in [5.41, 5.74) is 2.71. The highest BCUT2D eigenvalue weighted by Crippen LogP contribution is 2.52. The van der Waals surface area contributed by atoms with Crippen LogP contribution in [0.5, 0.6) is 5.88 Å². The number of hydrogen-bond acceptors (Lipinski definition) is 7. The van der Waals surface area contributed by atoms with Crippen molar-refractivity contribution in [2.75, 3.05) is 50.1 Å². The number of hydrogen-bond donors (Lipinski definition) is 2. The molecule has 5 heterocycles. The average Bonchev–Trinajstić information content (AvgIpc) is 3.36. The van der Waals surface area contributed by atoms with E-state index in [0.717, 1.165) is 5.69 Å². The lowest BCUT2D eigenvalue weighted by Crippen LogP contribution is -2.66. The Balaban J connectivity index is 1.53. The molecule has 0 bridgehead atoms. The molecule has 7 rings (SSSR count). The van der Waals surface area contributed by atoms with Gasteiger partial charge in [0.25, 0.3) is 5.91 Å². The quantitative estimate of drug-likeness (QED) is 0.384. The van der Waals surface area contributed by atoms with Crippen LogP contribution >= 0.6 is 23.2 Å². The molecule has 202 valence electrons. The van der Waals surface area contributed by atoms with Crippen molar-refractivity contribution < 1.29 is 13.9 Å². The molecular weight excluding hydrogens is 544 g/mol. The van der Waals surface area contributed by atoms with Crippen molar-refractivity contribution in [1.29, 1.82) is 0 Å². The van der Waals surface area contributed by atoms with Gasteiger partial charge in [-0.05, 0) is 39.2 Å². The van der Waals surface area contributed by atoms with Gasteiger partial charge in [0.2, 0.25) is 5.88 Å². The predicted octanol–water partition coefficient (Wildman–Crippen LogP) is 4.06. The van der Waals surface area contributed by atoms with E-state index in [0.29, 0.717) is 58.7 Å². The second kappa shape index (κ2) is 8.92. The lowest BCUT2D eigenvalue weighted by atomic mass is 9.95. The number of halogens is 3. The van der Waals surface area contributed by atoms with E-state index in [-0.39, 0.29) is 40.0 Å². The highest BCUT2D eigenvalue weighted by molar-refractivity contribution is 6.39. The Kier molecular flexibility index (Phi) is 5.68. The highest BCUT2D eigenvalue weighted by atomic mass is 35.5. The van der Waals surface area contributed by atoms with Crippen LogP contribution in [0.3, 0.4) is 0 Å². The number of nitrogens with one attached hydrogen (secondary N) is 2. The minimum absolute atomic E-state index is 0.0158. The number of ether oxygens (including phenoxy) is 1. The van der Waals surface area contributed by atoms with E-state index in [4.69, 9.17) is 32.9 Å². The SMILES string of the molecule is C[C@@H]1CN2c3c4c(nc5c(F)c(-c6c(Cl)ccc7[nH]ncc67)c(Cl)cc35)O[C@H](CN(C)C)CN4C(=O)[C@H]2CN1. The van der Waals surface area contributed by atoms with Crippen LogP contribution in [0.4, 0.5) is 15.8 Å². The van der Waals surface area contributed by atoms with Gasteiger partial charge in [-0.1, -0.05) is 23.2 Å². The van der Waals surface area contributed by atoms with E-state index in [9.17, 15) is 4.79 Å². The van der Waals surface area contributed by atoms with E-state index in [1.165, 1.54) is 0 Å². The fourth-order valence-electron chi connectivity index (χ4n) is 6.12. The van der Waals surface area contributed by atoms with Crippen LogP contribution in [-0.4, -0.2) is 84.5 Å². The predicted molar refractivity (Wildman–Crippen MR) is 151 cm³/mol. The van der Waals surface area contributed by atoms with Crippen molar-refractivity contribution in [3.05, 3.63) is 40.3 Å². The van der Waals surface area contributed by atoms with E-state index in [2.05, 4.69) is 27.3 Å². The van der Waals surface area contributed by atoms with Crippen LogP contribution in [0.15, 0.2) is 24.4 Å². The molecule has 2 N–H and O–H groups in total. The number of piperazine rings is 1. The molecule has 9 nitrogen and oxygen atoms in total. The van der Waals surface area contributed by atoms with Crippen LogP contribution in [0.25, 0.3) is 32.9 Å². The first-order valence-electron chi connectivity index (χ1n) is 12.8. The smallest absolute Gasteiger partial charge is 0.251 e. The second-order valence-corrected chi connectivity index (χ2v) is 11.6. The van der Waals surface area contributed by atoms with Gasteiger partial charge >= 0.3 is 0 Å². The molecule has 1 fully saturated rings. The summed E-state index contributed by atoms with van der Waals surface area (Å²) in [5.74, 6) is -0.375. The number of pyridine rings is 1. The molecule has 3 aliphatic rings. The van der Waals surface area contributed by atoms with Gasteiger partial charge in [-0.25, -0.2) is 9.37 Å². The molecule has 3 aliphatic heterocycles. The number of amides is 1. The third kappa shape index (κ3) is 3.69. The van der Waals surface area contributed by atoms with E-state index in [1.807, 2.05) is 19.0 Å². The standard InChI is InChI=1S/C27H26Cl2FN7O2/c1-12-9-36-19(8-31-12)27(38)37-11-13(10-35(2)3)39-26-25(37)24(36)14-6-17(29)21(22(30)23(14)33-26)20-15-7-32-34-18(15)5-4-16(20)28/h4-7,12-13,19,31H,8-11H2,1-3H3,(H,32,34)/t12-,13-,19-/m1/s1. The highest BCUT2D eigenvalue weighted by Gasteiger charge is 2.47. The van der Waals surface area contributed by atoms with Crippen molar-refractivity contribution in [2.45, 2.75) is 25.1 Å². The van der Waals surface area contributed by atoms with Crippen LogP contribution in [0.1, 0.15) is 6.92 Å². The Hall–Kier alpha value is -3.18. The van der Waals surface area contributed by atoms with Gasteiger partial charge < -0.3 is 24.8 Å². The number of likely N-dealkylation sites (N-methyl/N-ethyl adjacent to an activating group) is 1. The Morgan fingerprint density at radius 3 is 2.77 bits per heavy atom. The molecule has 0 spiro atoms. The van der Waals surface area contributed by atoms with Gasteiger partial charge in [0.1, 0.15) is 23.3 Å². The van der Waals surface area contributed by atoms with Crippen LogP contribution < -0.4 is 19.9 Å². The summed E-state index contributed by atoms with van der Waals surface area (Å²) < 4.78 is 23.0. The Morgan fingerprint density at radius 2 is 1.97 bits per heavy atom. The number of rotatable bonds is 3. The van der Waals surface area contributed by atoms with Gasteiger partial charge in [-0.3, -0.25) is 9.89 Å². The summed E-state index contributed by atoms with van der Waals surface area (Å²) in [7, 11) is 3.89. The summed E-state index contributed by atoms with van der Waals surface area (Å²) in [6.07, 6.45) is 1.28. The molecule has 1 saturated heterocycles. The maximum absolute atomic E-state index is 16.7. The minimum atomic E-state index is -0.603. The molecule has 0 radical (unpaired) electrons. The van der Waals surface area contributed by atoms with E-state index >= 15 is 4.39 Å². The fourth-order valence-corrected chi connectivity index (χ4v) is 6.67. The van der Waals surface area contributed by atoms with Crippen molar-refractivity contribution in [1.82, 2.24) is 25.4 Å². The number of fused-ring (bicyclic) bond motifs is 5. The number of carbonyl (C=O) groups excluding carboxylic acids is 1. The second-order valence-electron chi connectivity index (χ2n) is 10.7. The molecule has 0 unspecified atom stereocenters. The zero-order valence-electron chi connectivity index (χ0n) is 21.6. The number of H-pyrrole nitrogens is 1. The molecule has 2 aromatic carbocycles. The summed E-state index contributed by atoms with van der Waals surface area (Å²) in [6.45, 7) is 4.08. The van der Waals surface area contributed by atoms with Crippen LogP contribution in [0.2, 0.25) is 10.0 Å². The van der Waals surface area contributed by atoms with Crippen LogP contribution in [0, 0.1) is 5.82 Å². The summed E-state index contributed by atoms with van der Waals surface area (Å²) in [5, 5.41) is 12.1. The lowest BCUT2D eigenvalue weighted by molar-refractivity contribution is -0.121. The zero-order chi connectivity index (χ0) is 27.2. The van der Waals surface area contributed by atoms with Gasteiger partial charge in [-0.2, -0.15) is 5.10 Å². The number of benzene rings is 2. The van der Waals surface area contributed by atoms with Gasteiger partial charge in [-0.15, -0.1) is 0 Å². The fraction of sp³-hybridized carbons (Fsp3) is 0.370. The van der Waals surface area contributed by atoms with Crippen LogP contribution in [-0.2, 0) is 4.79 Å². The first kappa shape index (κ1) is 24.8. The van der Waals surface area contributed by atoms with E-state index in [1.54, 1.807) is 29.3 Å². The number of nitrogens with zero attached hydrogens (tertiary/aromatic N) is 5. The maximum Gasteiger partial charge on any atom is 0.251 e. The van der Waals surface area contributed by atoms with Gasteiger partial charge in [0, 0.05) is 52.6 Å². The lowest BCUT2D eigenvalue weighted by Gasteiger charge is -2.49. The Morgan fingerprint density at radius 1 is 1.15 bits per heavy atom. The molecule has 0 aliphatic carbocycles. The third-order valence-electron chi connectivity index (χ3n) is 7.76. The number of aromatic nitrogens is 3. The monoisotopic (exact) mass is 569 g/mol. The summed E-state index contributed by atoms with van der Waals surface area (Å²) >= 11 is 13.5. The van der Waals surface area contributed by atoms with Crippen molar-refractivity contribution >= 4 is 62.3 Å². The number of carbonyl (C=O) groups is 1. The van der Waals surface area contributed by atoms with Crippen molar-refractivity contribution in [3.63, 3.8) is 0 Å². The van der Waals surface area contributed by atoms with Gasteiger partial charge in [0.05, 0.1) is 29.0 Å². The molecule has 2 aromatic heterocycles. The molecule has 12 heteroatoms. The van der Waals surface area contributed by atoms with Gasteiger partial charge in [0.15, 0.2) is 5.82 Å². The normalized spacial score (nSPS) is 22.4. The third-order valence-corrected chi connectivity index (χ3v) is 8.37. The Bertz CT molecular complexity index is 1680. The molecule has 3 atom stereocenters. The van der Waals surface area contributed by atoms with Crippen molar-refractivity contribution in [2.24, 2.45) is 0 Å². The topological polar surface area (TPSA) is 89.6 Å². The number of aromatic amines is 1. The van der Waals surface area contributed by atoms with Crippen molar-refractivity contribution in [3.8, 4) is 17.0 Å². The molecule has 1 amide bonds. The minimum Gasteiger partial charge on any atom is -0.470 e. The van der Waals surface area contributed by atoms with E-state index < -0.39 is 11.9 Å². The summed E-state index contributed by atoms with van der Waals surface area (Å²) in [6, 6.07) is 4.91. The Labute approximate surface area is 233 Å². The number of anilines is 2. The molecule has 0 saturated carbocycles. The zero-order valence-corrected chi connectivity index (χ0v) is 23.1.